The molecule has 2 atom stereocenters. The summed E-state index contributed by atoms with van der Waals surface area (Å²) < 4.78 is 0. The standard InChI is InChI=1S/C12H24N2O/c1-9(12(13)15)8-14-10(2)11-6-4-3-5-7-11/h9-11,14H,3-8H2,1-2H3,(H2,13,15)/t9?,10-/m0/s1. The van der Waals surface area contributed by atoms with E-state index in [1.807, 2.05) is 6.92 Å². The van der Waals surface area contributed by atoms with Gasteiger partial charge in [0.15, 0.2) is 0 Å². The smallest absolute Gasteiger partial charge is 0.221 e. The molecular weight excluding hydrogens is 188 g/mol. The molecule has 1 aliphatic rings. The normalized spacial score (nSPS) is 22.3. The number of carbonyl (C=O) groups excluding carboxylic acids is 1. The predicted molar refractivity (Wildman–Crippen MR) is 62.4 cm³/mol. The Morgan fingerprint density at radius 3 is 2.47 bits per heavy atom. The third-order valence-corrected chi connectivity index (χ3v) is 3.59. The summed E-state index contributed by atoms with van der Waals surface area (Å²) in [5.41, 5.74) is 5.22. The van der Waals surface area contributed by atoms with Gasteiger partial charge in [-0.3, -0.25) is 4.79 Å². The molecule has 88 valence electrons. The van der Waals surface area contributed by atoms with Crippen molar-refractivity contribution >= 4 is 5.91 Å². The fourth-order valence-corrected chi connectivity index (χ4v) is 2.26. The van der Waals surface area contributed by atoms with Gasteiger partial charge in [0, 0.05) is 18.5 Å². The molecule has 0 aromatic heterocycles. The minimum Gasteiger partial charge on any atom is -0.369 e. The largest absolute Gasteiger partial charge is 0.369 e. The lowest BCUT2D eigenvalue weighted by Gasteiger charge is -2.29. The topological polar surface area (TPSA) is 55.1 Å². The molecule has 3 heteroatoms. The highest BCUT2D eigenvalue weighted by molar-refractivity contribution is 5.76. The zero-order valence-electron chi connectivity index (χ0n) is 9.96. The number of hydrogen-bond acceptors (Lipinski definition) is 2. The quantitative estimate of drug-likeness (QED) is 0.728. The number of rotatable bonds is 5. The van der Waals surface area contributed by atoms with Crippen molar-refractivity contribution in [3.05, 3.63) is 0 Å². The van der Waals surface area contributed by atoms with Crippen LogP contribution >= 0.6 is 0 Å². The molecule has 1 amide bonds. The van der Waals surface area contributed by atoms with Crippen LogP contribution in [0.1, 0.15) is 46.0 Å². The second kappa shape index (κ2) is 6.11. The third kappa shape index (κ3) is 4.20. The zero-order chi connectivity index (χ0) is 11.3. The highest BCUT2D eigenvalue weighted by Gasteiger charge is 2.20. The molecular formula is C12H24N2O. The first-order chi connectivity index (χ1) is 7.11. The van der Waals surface area contributed by atoms with Gasteiger partial charge in [0.05, 0.1) is 0 Å². The minimum atomic E-state index is -0.210. The molecule has 3 N–H and O–H groups in total. The summed E-state index contributed by atoms with van der Waals surface area (Å²) in [7, 11) is 0. The Morgan fingerprint density at radius 1 is 1.33 bits per heavy atom. The van der Waals surface area contributed by atoms with Crippen LogP contribution in [0.25, 0.3) is 0 Å². The molecule has 0 bridgehead atoms. The highest BCUT2D eigenvalue weighted by atomic mass is 16.1. The van der Waals surface area contributed by atoms with E-state index in [1.165, 1.54) is 32.1 Å². The Labute approximate surface area is 92.8 Å². The third-order valence-electron chi connectivity index (χ3n) is 3.59. The van der Waals surface area contributed by atoms with Crippen molar-refractivity contribution in [1.82, 2.24) is 5.32 Å². The molecule has 1 saturated carbocycles. The summed E-state index contributed by atoms with van der Waals surface area (Å²) in [5, 5.41) is 3.43. The van der Waals surface area contributed by atoms with Crippen LogP contribution in [0, 0.1) is 11.8 Å². The van der Waals surface area contributed by atoms with Gasteiger partial charge in [0.1, 0.15) is 0 Å². The van der Waals surface area contributed by atoms with Crippen LogP contribution in [0.4, 0.5) is 0 Å². The van der Waals surface area contributed by atoms with E-state index in [0.29, 0.717) is 12.6 Å². The number of primary amides is 1. The Hall–Kier alpha value is -0.570. The molecule has 0 saturated heterocycles. The monoisotopic (exact) mass is 212 g/mol. The van der Waals surface area contributed by atoms with Crippen LogP contribution in [-0.2, 0) is 4.79 Å². The average molecular weight is 212 g/mol. The molecule has 0 aliphatic heterocycles. The predicted octanol–water partition coefficient (Wildman–Crippen LogP) is 1.67. The van der Waals surface area contributed by atoms with Gasteiger partial charge in [0.2, 0.25) is 5.91 Å². The first kappa shape index (κ1) is 12.5. The van der Waals surface area contributed by atoms with E-state index in [2.05, 4.69) is 12.2 Å². The summed E-state index contributed by atoms with van der Waals surface area (Å²) >= 11 is 0. The number of hydrogen-bond donors (Lipinski definition) is 2. The molecule has 1 fully saturated rings. The van der Waals surface area contributed by atoms with E-state index < -0.39 is 0 Å². The molecule has 0 aromatic rings. The maximum Gasteiger partial charge on any atom is 0.221 e. The maximum atomic E-state index is 10.9. The summed E-state index contributed by atoms with van der Waals surface area (Å²) in [4.78, 5) is 10.9. The fraction of sp³-hybridized carbons (Fsp3) is 0.917. The van der Waals surface area contributed by atoms with Gasteiger partial charge in [-0.1, -0.05) is 26.2 Å². The second-order valence-electron chi connectivity index (χ2n) is 4.90. The van der Waals surface area contributed by atoms with Gasteiger partial charge in [-0.05, 0) is 25.7 Å². The number of amides is 1. The lowest BCUT2D eigenvalue weighted by molar-refractivity contribution is -0.121. The van der Waals surface area contributed by atoms with Gasteiger partial charge in [-0.15, -0.1) is 0 Å². The Kier molecular flexibility index (Phi) is 5.09. The van der Waals surface area contributed by atoms with E-state index in [-0.39, 0.29) is 11.8 Å². The first-order valence-corrected chi connectivity index (χ1v) is 6.14. The maximum absolute atomic E-state index is 10.9. The Morgan fingerprint density at radius 2 is 1.93 bits per heavy atom. The van der Waals surface area contributed by atoms with Crippen LogP contribution in [0.5, 0.6) is 0 Å². The van der Waals surface area contributed by atoms with Gasteiger partial charge in [-0.2, -0.15) is 0 Å². The molecule has 0 radical (unpaired) electrons. The highest BCUT2D eigenvalue weighted by Crippen LogP contribution is 2.26. The van der Waals surface area contributed by atoms with Gasteiger partial charge >= 0.3 is 0 Å². The molecule has 15 heavy (non-hydrogen) atoms. The molecule has 0 aromatic carbocycles. The summed E-state index contributed by atoms with van der Waals surface area (Å²) in [6.45, 7) is 4.82. The van der Waals surface area contributed by atoms with Gasteiger partial charge in [0.25, 0.3) is 0 Å². The van der Waals surface area contributed by atoms with Crippen LogP contribution in [-0.4, -0.2) is 18.5 Å². The first-order valence-electron chi connectivity index (χ1n) is 6.14. The molecule has 3 nitrogen and oxygen atoms in total. The SMILES string of the molecule is CC(CN[C@@H](C)C1CCCCC1)C(N)=O. The average Bonchev–Trinajstić information content (AvgIpc) is 2.26. The van der Waals surface area contributed by atoms with Crippen LogP contribution in [0.2, 0.25) is 0 Å². The Bertz CT molecular complexity index is 200. The molecule has 1 rings (SSSR count). The minimum absolute atomic E-state index is 0.0592. The molecule has 0 spiro atoms. The van der Waals surface area contributed by atoms with E-state index in [0.717, 1.165) is 5.92 Å². The second-order valence-corrected chi connectivity index (χ2v) is 4.90. The van der Waals surface area contributed by atoms with Crippen LogP contribution in [0.3, 0.4) is 0 Å². The number of carbonyl (C=O) groups is 1. The van der Waals surface area contributed by atoms with Crippen LogP contribution < -0.4 is 11.1 Å². The lowest BCUT2D eigenvalue weighted by Crippen LogP contribution is -2.40. The van der Waals surface area contributed by atoms with Crippen molar-refractivity contribution in [3.8, 4) is 0 Å². The lowest BCUT2D eigenvalue weighted by atomic mass is 9.84. The van der Waals surface area contributed by atoms with E-state index in [4.69, 9.17) is 5.73 Å². The molecule has 0 heterocycles. The van der Waals surface area contributed by atoms with Crippen molar-refractivity contribution in [2.45, 2.75) is 52.0 Å². The van der Waals surface area contributed by atoms with Gasteiger partial charge in [-0.25, -0.2) is 0 Å². The molecule has 1 aliphatic carbocycles. The van der Waals surface area contributed by atoms with E-state index >= 15 is 0 Å². The van der Waals surface area contributed by atoms with Crippen molar-refractivity contribution in [1.29, 1.82) is 0 Å². The number of nitrogens with one attached hydrogen (secondary N) is 1. The zero-order valence-corrected chi connectivity index (χ0v) is 9.96. The fourth-order valence-electron chi connectivity index (χ4n) is 2.26. The summed E-state index contributed by atoms with van der Waals surface area (Å²) in [5.74, 6) is 0.521. The summed E-state index contributed by atoms with van der Waals surface area (Å²) in [6, 6.07) is 0.520. The summed E-state index contributed by atoms with van der Waals surface area (Å²) in [6.07, 6.45) is 6.78. The van der Waals surface area contributed by atoms with Crippen molar-refractivity contribution in [3.63, 3.8) is 0 Å². The van der Waals surface area contributed by atoms with E-state index in [9.17, 15) is 4.79 Å². The molecule has 1 unspecified atom stereocenters. The Balaban J connectivity index is 2.22. The van der Waals surface area contributed by atoms with Gasteiger partial charge < -0.3 is 11.1 Å². The number of nitrogens with two attached hydrogens (primary N) is 1. The van der Waals surface area contributed by atoms with Crippen molar-refractivity contribution in [2.75, 3.05) is 6.54 Å². The van der Waals surface area contributed by atoms with Crippen molar-refractivity contribution in [2.24, 2.45) is 17.6 Å². The van der Waals surface area contributed by atoms with E-state index in [1.54, 1.807) is 0 Å². The van der Waals surface area contributed by atoms with Crippen molar-refractivity contribution < 1.29 is 4.79 Å². The van der Waals surface area contributed by atoms with Crippen LogP contribution in [0.15, 0.2) is 0 Å².